The van der Waals surface area contributed by atoms with Crippen molar-refractivity contribution in [3.05, 3.63) is 89.5 Å². The average Bonchev–Trinajstić information content (AvgIpc) is 2.65. The lowest BCUT2D eigenvalue weighted by molar-refractivity contribution is -0.288. The minimum absolute atomic E-state index is 0.0894. The fourth-order valence-corrected chi connectivity index (χ4v) is 3.21. The number of phenolic OH excluding ortho intramolecular Hbond substituents is 1. The lowest BCUT2D eigenvalue weighted by Gasteiger charge is -2.38. The van der Waals surface area contributed by atoms with Crippen LogP contribution < -0.4 is 4.74 Å². The molecule has 0 unspecified atom stereocenters. The molecule has 0 fully saturated rings. The largest absolute Gasteiger partial charge is 0.508 e. The molecule has 8 heteroatoms. The zero-order chi connectivity index (χ0) is 22.2. The summed E-state index contributed by atoms with van der Waals surface area (Å²) in [6.45, 7) is 1.86. The van der Waals surface area contributed by atoms with Crippen molar-refractivity contribution in [3.63, 3.8) is 0 Å². The van der Waals surface area contributed by atoms with E-state index in [-0.39, 0.29) is 5.75 Å². The Hall–Kier alpha value is -3.16. The summed E-state index contributed by atoms with van der Waals surface area (Å²) in [6.07, 6.45) is -11.4. The van der Waals surface area contributed by atoms with Crippen LogP contribution in [0.25, 0.3) is 0 Å². The van der Waals surface area contributed by atoms with Gasteiger partial charge in [0.05, 0.1) is 0 Å². The monoisotopic (exact) mass is 426 g/mol. The van der Waals surface area contributed by atoms with Gasteiger partial charge in [0.15, 0.2) is 0 Å². The highest BCUT2D eigenvalue weighted by Gasteiger charge is 2.72. The number of hydrogen-bond acceptors (Lipinski definition) is 2. The number of aryl methyl sites for hydroxylation is 1. The molecule has 0 aromatic heterocycles. The van der Waals surface area contributed by atoms with Crippen LogP contribution in [0.5, 0.6) is 17.2 Å². The van der Waals surface area contributed by atoms with Crippen LogP contribution in [-0.2, 0) is 5.41 Å². The van der Waals surface area contributed by atoms with Crippen molar-refractivity contribution in [1.82, 2.24) is 0 Å². The first-order chi connectivity index (χ1) is 13.9. The molecule has 0 bridgehead atoms. The van der Waals surface area contributed by atoms with E-state index in [2.05, 4.69) is 0 Å². The van der Waals surface area contributed by atoms with Crippen LogP contribution in [0.1, 0.15) is 16.7 Å². The number of benzene rings is 3. The van der Waals surface area contributed by atoms with E-state index in [4.69, 9.17) is 4.74 Å². The molecule has 0 heterocycles. The number of hydrogen-bond donors (Lipinski definition) is 1. The topological polar surface area (TPSA) is 29.5 Å². The molecule has 0 amide bonds. The van der Waals surface area contributed by atoms with Crippen molar-refractivity contribution >= 4 is 0 Å². The number of aromatic hydroxyl groups is 1. The first kappa shape index (κ1) is 21.5. The molecule has 0 radical (unpaired) electrons. The van der Waals surface area contributed by atoms with Gasteiger partial charge in [-0.1, -0.05) is 42.0 Å². The van der Waals surface area contributed by atoms with Gasteiger partial charge in [0.1, 0.15) is 17.2 Å². The van der Waals surface area contributed by atoms with Crippen LogP contribution in [0.4, 0.5) is 26.3 Å². The molecule has 0 saturated heterocycles. The van der Waals surface area contributed by atoms with Crippen molar-refractivity contribution in [2.45, 2.75) is 24.7 Å². The van der Waals surface area contributed by atoms with Crippen LogP contribution >= 0.6 is 0 Å². The maximum atomic E-state index is 14.0. The molecular formula is C22H16F6O2. The Labute approximate surface area is 168 Å². The molecule has 158 valence electrons. The minimum atomic E-state index is -5.69. The second-order valence-electron chi connectivity index (χ2n) is 6.73. The van der Waals surface area contributed by atoms with Crippen LogP contribution in [0.15, 0.2) is 72.8 Å². The van der Waals surface area contributed by atoms with Gasteiger partial charge in [-0.2, -0.15) is 26.3 Å². The van der Waals surface area contributed by atoms with E-state index < -0.39 is 34.6 Å². The number of halogens is 6. The summed E-state index contributed by atoms with van der Waals surface area (Å²) in [5.41, 5.74) is -5.36. The molecule has 0 aliphatic heterocycles. The summed E-state index contributed by atoms with van der Waals surface area (Å²) in [4.78, 5) is 0. The highest BCUT2D eigenvalue weighted by molar-refractivity contribution is 5.47. The third kappa shape index (κ3) is 3.81. The SMILES string of the molecule is Cc1ccc(Oc2ccc(C(c3ccc(O)cc3)(C(F)(F)F)C(F)(F)F)cc2)cc1. The lowest BCUT2D eigenvalue weighted by atomic mass is 9.73. The van der Waals surface area contributed by atoms with Crippen LogP contribution in [0.2, 0.25) is 0 Å². The van der Waals surface area contributed by atoms with E-state index in [1.807, 2.05) is 6.92 Å². The Kier molecular flexibility index (Phi) is 5.45. The summed E-state index contributed by atoms with van der Waals surface area (Å²) in [5.74, 6) is 0.0372. The van der Waals surface area contributed by atoms with Gasteiger partial charge < -0.3 is 9.84 Å². The Morgan fingerprint density at radius 2 is 0.967 bits per heavy atom. The van der Waals surface area contributed by atoms with Crippen molar-refractivity contribution < 1.29 is 36.2 Å². The van der Waals surface area contributed by atoms with Crippen molar-refractivity contribution in [3.8, 4) is 17.2 Å². The Morgan fingerprint density at radius 3 is 1.37 bits per heavy atom. The number of rotatable bonds is 4. The van der Waals surface area contributed by atoms with Gasteiger partial charge in [0, 0.05) is 0 Å². The van der Waals surface area contributed by atoms with E-state index in [1.165, 1.54) is 0 Å². The second kappa shape index (κ2) is 7.59. The third-order valence-electron chi connectivity index (χ3n) is 4.69. The molecule has 3 rings (SSSR count). The summed E-state index contributed by atoms with van der Waals surface area (Å²) in [7, 11) is 0. The first-order valence-electron chi connectivity index (χ1n) is 8.73. The zero-order valence-corrected chi connectivity index (χ0v) is 15.6. The molecular weight excluding hydrogens is 410 g/mol. The molecule has 0 saturated carbocycles. The fourth-order valence-electron chi connectivity index (χ4n) is 3.21. The number of ether oxygens (including phenoxy) is 1. The Morgan fingerprint density at radius 1 is 0.600 bits per heavy atom. The van der Waals surface area contributed by atoms with Crippen LogP contribution in [0.3, 0.4) is 0 Å². The quantitative estimate of drug-likeness (QED) is 0.460. The van der Waals surface area contributed by atoms with Gasteiger partial charge in [0.2, 0.25) is 5.41 Å². The van der Waals surface area contributed by atoms with Gasteiger partial charge >= 0.3 is 12.4 Å². The maximum Gasteiger partial charge on any atom is 0.411 e. The minimum Gasteiger partial charge on any atom is -0.508 e. The Balaban J connectivity index is 2.10. The molecule has 3 aromatic rings. The summed E-state index contributed by atoms with van der Waals surface area (Å²) in [5, 5.41) is 9.31. The van der Waals surface area contributed by atoms with E-state index in [1.54, 1.807) is 24.3 Å². The van der Waals surface area contributed by atoms with Crippen LogP contribution in [0, 0.1) is 6.92 Å². The van der Waals surface area contributed by atoms with Gasteiger partial charge in [-0.25, -0.2) is 0 Å². The molecule has 3 aromatic carbocycles. The van der Waals surface area contributed by atoms with E-state index in [9.17, 15) is 31.4 Å². The molecule has 1 N–H and O–H groups in total. The molecule has 2 nitrogen and oxygen atoms in total. The van der Waals surface area contributed by atoms with Gasteiger partial charge in [0.25, 0.3) is 0 Å². The summed E-state index contributed by atoms with van der Waals surface area (Å²) < 4.78 is 89.6. The highest BCUT2D eigenvalue weighted by Crippen LogP contribution is 2.56. The lowest BCUT2D eigenvalue weighted by Crippen LogP contribution is -2.54. The molecule has 0 atom stereocenters. The number of phenols is 1. The van der Waals surface area contributed by atoms with E-state index in [0.717, 1.165) is 42.0 Å². The Bertz CT molecular complexity index is 974. The summed E-state index contributed by atoms with van der Waals surface area (Å²) >= 11 is 0. The van der Waals surface area contributed by atoms with Crippen LogP contribution in [-0.4, -0.2) is 17.5 Å². The van der Waals surface area contributed by atoms with Crippen molar-refractivity contribution in [2.24, 2.45) is 0 Å². The van der Waals surface area contributed by atoms with Crippen molar-refractivity contribution in [1.29, 1.82) is 0 Å². The first-order valence-corrected chi connectivity index (χ1v) is 8.73. The molecule has 30 heavy (non-hydrogen) atoms. The van der Waals surface area contributed by atoms with Crippen molar-refractivity contribution in [2.75, 3.05) is 0 Å². The predicted molar refractivity (Wildman–Crippen MR) is 98.7 cm³/mol. The van der Waals surface area contributed by atoms with Gasteiger partial charge in [-0.05, 0) is 54.4 Å². The fraction of sp³-hybridized carbons (Fsp3) is 0.182. The second-order valence-corrected chi connectivity index (χ2v) is 6.73. The normalized spacial score (nSPS) is 12.6. The maximum absolute atomic E-state index is 14.0. The number of alkyl halides is 6. The third-order valence-corrected chi connectivity index (χ3v) is 4.69. The molecule has 0 aliphatic rings. The average molecular weight is 426 g/mol. The molecule has 0 aliphatic carbocycles. The molecule has 0 spiro atoms. The smallest absolute Gasteiger partial charge is 0.411 e. The predicted octanol–water partition coefficient (Wildman–Crippen LogP) is 6.90. The standard InChI is InChI=1S/C22H16F6O2/c1-14-2-10-18(11-3-14)30-19-12-6-16(7-13-19)20(21(23,24)25,22(26,27)28)15-4-8-17(29)9-5-15/h2-13,29H,1H3. The van der Waals surface area contributed by atoms with E-state index in [0.29, 0.717) is 17.9 Å². The van der Waals surface area contributed by atoms with E-state index >= 15 is 0 Å². The highest BCUT2D eigenvalue weighted by atomic mass is 19.4. The zero-order valence-electron chi connectivity index (χ0n) is 15.6. The van der Waals surface area contributed by atoms with Gasteiger partial charge in [-0.15, -0.1) is 0 Å². The summed E-state index contributed by atoms with van der Waals surface area (Å²) in [6, 6.07) is 13.2. The van der Waals surface area contributed by atoms with Gasteiger partial charge in [-0.3, -0.25) is 0 Å².